The Kier molecular flexibility index (Phi) is 7.56. The Morgan fingerprint density at radius 3 is 2.53 bits per heavy atom. The van der Waals surface area contributed by atoms with E-state index in [1.54, 1.807) is 29.2 Å². The summed E-state index contributed by atoms with van der Waals surface area (Å²) in [6.07, 6.45) is 7.40. The van der Waals surface area contributed by atoms with Gasteiger partial charge in [-0.1, -0.05) is 82.3 Å². The van der Waals surface area contributed by atoms with Crippen LogP contribution < -0.4 is 4.90 Å². The van der Waals surface area contributed by atoms with Crippen molar-refractivity contribution in [1.82, 2.24) is 9.88 Å². The fraction of sp³-hybridized carbons (Fsp3) is 0.259. The molecule has 0 saturated carbocycles. The highest BCUT2D eigenvalue weighted by Crippen LogP contribution is 2.51. The highest BCUT2D eigenvalue weighted by Gasteiger charge is 2.47. The van der Waals surface area contributed by atoms with Gasteiger partial charge in [0.25, 0.3) is 5.91 Å². The van der Waals surface area contributed by atoms with E-state index in [-0.39, 0.29) is 16.5 Å². The topological polar surface area (TPSA) is 36.4 Å². The summed E-state index contributed by atoms with van der Waals surface area (Å²) in [5.74, 6) is -0.148. The van der Waals surface area contributed by atoms with Crippen molar-refractivity contribution < 1.29 is 4.79 Å². The number of pyridine rings is 1. The summed E-state index contributed by atoms with van der Waals surface area (Å²) in [5, 5.41) is 2.43. The summed E-state index contributed by atoms with van der Waals surface area (Å²) >= 11 is 31.6. The molecular weight excluding hydrogens is 560 g/mol. The zero-order valence-corrected chi connectivity index (χ0v) is 22.9. The maximum Gasteiger partial charge on any atom is 0.258 e. The summed E-state index contributed by atoms with van der Waals surface area (Å²) in [4.78, 5) is 21.7. The molecule has 0 N–H and O–H groups in total. The molecule has 1 fully saturated rings. The van der Waals surface area contributed by atoms with Crippen LogP contribution >= 0.6 is 58.0 Å². The van der Waals surface area contributed by atoms with Crippen molar-refractivity contribution in [2.45, 2.75) is 18.3 Å². The Morgan fingerprint density at radius 1 is 1.00 bits per heavy atom. The molecule has 4 nitrogen and oxygen atoms in total. The van der Waals surface area contributed by atoms with Crippen LogP contribution in [0.2, 0.25) is 25.2 Å². The molecule has 0 radical (unpaired) electrons. The maximum atomic E-state index is 13.5. The molecule has 2 aliphatic heterocycles. The fourth-order valence-corrected chi connectivity index (χ4v) is 6.29. The van der Waals surface area contributed by atoms with Gasteiger partial charge in [0.05, 0.1) is 20.8 Å². The molecule has 1 saturated heterocycles. The number of nitrogens with zero attached hydrogens (tertiary/aromatic N) is 3. The van der Waals surface area contributed by atoms with Crippen molar-refractivity contribution >= 4 is 75.7 Å². The lowest BCUT2D eigenvalue weighted by atomic mass is 9.74. The molecule has 1 aromatic heterocycles. The van der Waals surface area contributed by atoms with E-state index in [0.29, 0.717) is 32.2 Å². The van der Waals surface area contributed by atoms with Gasteiger partial charge in [-0.3, -0.25) is 9.69 Å². The third kappa shape index (κ3) is 5.00. The van der Waals surface area contributed by atoms with Gasteiger partial charge in [0.1, 0.15) is 5.15 Å². The number of carbonyl (C=O) groups is 1. The Bertz CT molecular complexity index is 1350. The van der Waals surface area contributed by atoms with Crippen molar-refractivity contribution in [3.05, 3.63) is 96.7 Å². The first-order valence-corrected chi connectivity index (χ1v) is 13.4. The Balaban J connectivity index is 1.35. The molecule has 0 aliphatic carbocycles. The average Bonchev–Trinajstić information content (AvgIpc) is 3.16. The second kappa shape index (κ2) is 10.5. The van der Waals surface area contributed by atoms with Crippen molar-refractivity contribution in [3.63, 3.8) is 0 Å². The third-order valence-electron chi connectivity index (χ3n) is 7.00. The number of hydrogen-bond acceptors (Lipinski definition) is 3. The van der Waals surface area contributed by atoms with Gasteiger partial charge in [0.2, 0.25) is 0 Å². The number of anilines is 1. The third-order valence-corrected chi connectivity index (χ3v) is 8.55. The molecule has 2 aliphatic rings. The summed E-state index contributed by atoms with van der Waals surface area (Å²) < 4.78 is 0. The van der Waals surface area contributed by atoms with Crippen LogP contribution in [0.4, 0.5) is 5.69 Å². The van der Waals surface area contributed by atoms with E-state index < -0.39 is 0 Å². The summed E-state index contributed by atoms with van der Waals surface area (Å²) in [7, 11) is 0. The smallest absolute Gasteiger partial charge is 0.258 e. The number of amides is 1. The Morgan fingerprint density at radius 2 is 1.78 bits per heavy atom. The Hall–Kier alpha value is -1.79. The number of benzene rings is 2. The van der Waals surface area contributed by atoms with Gasteiger partial charge >= 0.3 is 0 Å². The number of piperidine rings is 1. The molecule has 36 heavy (non-hydrogen) atoms. The minimum atomic E-state index is -0.215. The molecule has 186 valence electrons. The van der Waals surface area contributed by atoms with Gasteiger partial charge in [0.15, 0.2) is 0 Å². The normalized spacial score (nSPS) is 17.2. The molecule has 0 unspecified atom stereocenters. The van der Waals surface area contributed by atoms with Gasteiger partial charge in [-0.15, -0.1) is 0 Å². The predicted molar refractivity (Wildman–Crippen MR) is 150 cm³/mol. The number of fused-ring (bicyclic) bond motifs is 2. The van der Waals surface area contributed by atoms with E-state index >= 15 is 0 Å². The average molecular weight is 582 g/mol. The van der Waals surface area contributed by atoms with Crippen LogP contribution in [0.5, 0.6) is 0 Å². The number of rotatable bonds is 4. The van der Waals surface area contributed by atoms with Gasteiger partial charge in [-0.25, -0.2) is 4.98 Å². The van der Waals surface area contributed by atoms with E-state index in [0.717, 1.165) is 49.3 Å². The molecule has 3 heterocycles. The number of halogens is 5. The quantitative estimate of drug-likeness (QED) is 0.293. The van der Waals surface area contributed by atoms with E-state index in [2.05, 4.69) is 16.0 Å². The van der Waals surface area contributed by atoms with Gasteiger partial charge in [0, 0.05) is 35.3 Å². The SMILES string of the molecule is O=C(c1ccnc(Cl)c1)N1CC2(CCN(CC=Cc3cccc(Cl)c3Cl)CC2)c2cc(Cl)cc(Cl)c21. The highest BCUT2D eigenvalue weighted by molar-refractivity contribution is 6.43. The second-order valence-electron chi connectivity index (χ2n) is 9.17. The summed E-state index contributed by atoms with van der Waals surface area (Å²) in [6.45, 7) is 3.09. The number of aromatic nitrogens is 1. The highest BCUT2D eigenvalue weighted by atomic mass is 35.5. The molecule has 1 spiro atoms. The van der Waals surface area contributed by atoms with Crippen molar-refractivity contribution in [2.24, 2.45) is 0 Å². The molecule has 0 atom stereocenters. The lowest BCUT2D eigenvalue weighted by molar-refractivity contribution is 0.0977. The van der Waals surface area contributed by atoms with E-state index in [9.17, 15) is 4.79 Å². The second-order valence-corrected chi connectivity index (χ2v) is 11.2. The van der Waals surface area contributed by atoms with E-state index in [1.807, 2.05) is 24.3 Å². The molecular formula is C27H22Cl5N3O. The molecule has 0 bridgehead atoms. The van der Waals surface area contributed by atoms with Gasteiger partial charge in [-0.05, 0) is 67.4 Å². The minimum absolute atomic E-state index is 0.148. The zero-order valence-electron chi connectivity index (χ0n) is 19.2. The Labute approximate surface area is 235 Å². The number of likely N-dealkylation sites (tertiary alicyclic amines) is 1. The maximum absolute atomic E-state index is 13.5. The van der Waals surface area contributed by atoms with Crippen LogP contribution in [0.1, 0.15) is 34.3 Å². The fourth-order valence-electron chi connectivity index (χ4n) is 5.15. The van der Waals surface area contributed by atoms with Crippen molar-refractivity contribution in [2.75, 3.05) is 31.1 Å². The van der Waals surface area contributed by atoms with Crippen molar-refractivity contribution in [3.8, 4) is 0 Å². The van der Waals surface area contributed by atoms with Crippen LogP contribution in [0.15, 0.2) is 54.7 Å². The first kappa shape index (κ1) is 25.8. The van der Waals surface area contributed by atoms with Crippen LogP contribution in [-0.2, 0) is 5.41 Å². The van der Waals surface area contributed by atoms with E-state index in [1.165, 1.54) is 6.20 Å². The van der Waals surface area contributed by atoms with Crippen LogP contribution in [0.3, 0.4) is 0 Å². The van der Waals surface area contributed by atoms with Gasteiger partial charge in [-0.2, -0.15) is 0 Å². The first-order chi connectivity index (χ1) is 17.3. The lowest BCUT2D eigenvalue weighted by Crippen LogP contribution is -2.46. The zero-order chi connectivity index (χ0) is 25.4. The number of hydrogen-bond donors (Lipinski definition) is 0. The lowest BCUT2D eigenvalue weighted by Gasteiger charge is -2.39. The molecule has 5 rings (SSSR count). The van der Waals surface area contributed by atoms with Crippen LogP contribution in [0, 0.1) is 0 Å². The monoisotopic (exact) mass is 579 g/mol. The first-order valence-electron chi connectivity index (χ1n) is 11.5. The predicted octanol–water partition coefficient (Wildman–Crippen LogP) is 8.06. The molecule has 1 amide bonds. The minimum Gasteiger partial charge on any atom is -0.306 e. The van der Waals surface area contributed by atoms with Gasteiger partial charge < -0.3 is 4.90 Å². The molecule has 3 aromatic rings. The molecule has 9 heteroatoms. The van der Waals surface area contributed by atoms with E-state index in [4.69, 9.17) is 58.0 Å². The van der Waals surface area contributed by atoms with Crippen LogP contribution in [-0.4, -0.2) is 42.0 Å². The van der Waals surface area contributed by atoms with Crippen LogP contribution in [0.25, 0.3) is 6.08 Å². The summed E-state index contributed by atoms with van der Waals surface area (Å²) in [5.41, 5.74) is 2.94. The summed E-state index contributed by atoms with van der Waals surface area (Å²) in [6, 6.07) is 12.5. The standard InChI is InChI=1S/C27H22Cl5N3O/c28-19-14-20-25(22(30)15-19)35(26(36)18-6-9-33-23(31)13-18)16-27(20)7-11-34(12-8-27)10-2-4-17-3-1-5-21(29)24(17)32/h1-6,9,13-15H,7-8,10-12,16H2. The number of carbonyl (C=O) groups excluding carboxylic acids is 1. The largest absolute Gasteiger partial charge is 0.306 e. The molecule has 2 aromatic carbocycles. The van der Waals surface area contributed by atoms with Crippen molar-refractivity contribution in [1.29, 1.82) is 0 Å².